The molecule has 0 aliphatic heterocycles. The highest BCUT2D eigenvalue weighted by atomic mass is 32.1. The lowest BCUT2D eigenvalue weighted by Crippen LogP contribution is -2.14. The number of esters is 1. The molecule has 6 nitrogen and oxygen atoms in total. The first kappa shape index (κ1) is 17.9. The molecule has 2 heterocycles. The molecule has 4 rings (SSSR count). The van der Waals surface area contributed by atoms with Crippen molar-refractivity contribution < 1.29 is 18.7 Å². The minimum atomic E-state index is -0.441. The van der Waals surface area contributed by atoms with Crippen LogP contribution in [0.4, 0.5) is 10.1 Å². The highest BCUT2D eigenvalue weighted by Crippen LogP contribution is 2.24. The molecule has 2 aromatic heterocycles. The number of benzene rings is 2. The predicted octanol–water partition coefficient (Wildman–Crippen LogP) is 4.24. The third-order valence-corrected chi connectivity index (χ3v) is 4.99. The van der Waals surface area contributed by atoms with Crippen LogP contribution < -0.4 is 5.32 Å². The lowest BCUT2D eigenvalue weighted by atomic mass is 10.2. The molecule has 0 saturated heterocycles. The Balaban J connectivity index is 1.57. The molecule has 0 spiro atoms. The third kappa shape index (κ3) is 3.37. The summed E-state index contributed by atoms with van der Waals surface area (Å²) in [5, 5.41) is 4.51. The maximum atomic E-state index is 13.1. The quantitative estimate of drug-likeness (QED) is 0.525. The van der Waals surface area contributed by atoms with Crippen LogP contribution >= 0.6 is 11.3 Å². The van der Waals surface area contributed by atoms with E-state index in [9.17, 15) is 14.0 Å². The maximum absolute atomic E-state index is 13.1. The predicted molar refractivity (Wildman–Crippen MR) is 104 cm³/mol. The number of hydrogen-bond donors (Lipinski definition) is 1. The Morgan fingerprint density at radius 3 is 2.50 bits per heavy atom. The maximum Gasteiger partial charge on any atom is 0.337 e. The van der Waals surface area contributed by atoms with Gasteiger partial charge in [0.05, 0.1) is 18.4 Å². The molecule has 0 atom stereocenters. The van der Waals surface area contributed by atoms with Crippen LogP contribution in [0, 0.1) is 5.82 Å². The van der Waals surface area contributed by atoms with Crippen molar-refractivity contribution in [3.8, 4) is 11.3 Å². The van der Waals surface area contributed by atoms with Gasteiger partial charge in [-0.15, -0.1) is 11.3 Å². The molecule has 8 heteroatoms. The van der Waals surface area contributed by atoms with E-state index in [4.69, 9.17) is 0 Å². The van der Waals surface area contributed by atoms with E-state index in [2.05, 4.69) is 15.0 Å². The monoisotopic (exact) mass is 395 g/mol. The highest BCUT2D eigenvalue weighted by molar-refractivity contribution is 7.15. The second-order valence-electron chi connectivity index (χ2n) is 5.93. The summed E-state index contributed by atoms with van der Waals surface area (Å²) in [5.74, 6) is -1.06. The molecule has 1 amide bonds. The molecule has 1 N–H and O–H groups in total. The van der Waals surface area contributed by atoms with E-state index in [0.29, 0.717) is 27.6 Å². The zero-order valence-corrected chi connectivity index (χ0v) is 15.5. The van der Waals surface area contributed by atoms with Crippen LogP contribution in [0.25, 0.3) is 16.2 Å². The number of imidazole rings is 1. The summed E-state index contributed by atoms with van der Waals surface area (Å²) < 4.78 is 19.5. The molecule has 0 aliphatic rings. The van der Waals surface area contributed by atoms with Crippen LogP contribution in [0.5, 0.6) is 0 Å². The number of halogens is 1. The normalized spacial score (nSPS) is 10.8. The van der Waals surface area contributed by atoms with Crippen molar-refractivity contribution >= 4 is 33.9 Å². The van der Waals surface area contributed by atoms with E-state index in [1.54, 1.807) is 52.4 Å². The van der Waals surface area contributed by atoms with Crippen molar-refractivity contribution in [2.75, 3.05) is 12.4 Å². The van der Waals surface area contributed by atoms with Crippen molar-refractivity contribution in [2.24, 2.45) is 0 Å². The number of carbonyl (C=O) groups excluding carboxylic acids is 2. The topological polar surface area (TPSA) is 72.7 Å². The van der Waals surface area contributed by atoms with Gasteiger partial charge in [-0.05, 0) is 48.5 Å². The molecule has 0 fully saturated rings. The van der Waals surface area contributed by atoms with Gasteiger partial charge in [0.1, 0.15) is 11.5 Å². The van der Waals surface area contributed by atoms with Crippen LogP contribution in [0.1, 0.15) is 20.8 Å². The minimum Gasteiger partial charge on any atom is -0.465 e. The third-order valence-electron chi connectivity index (χ3n) is 4.15. The van der Waals surface area contributed by atoms with Gasteiger partial charge in [-0.1, -0.05) is 0 Å². The number of nitrogens with zero attached hydrogens (tertiary/aromatic N) is 2. The number of anilines is 1. The number of methoxy groups -OCH3 is 1. The summed E-state index contributed by atoms with van der Waals surface area (Å²) in [6.45, 7) is 0. The zero-order valence-electron chi connectivity index (χ0n) is 14.7. The van der Waals surface area contributed by atoms with Gasteiger partial charge in [-0.2, -0.15) is 0 Å². The number of rotatable bonds is 4. The van der Waals surface area contributed by atoms with Crippen LogP contribution in [0.15, 0.2) is 60.1 Å². The van der Waals surface area contributed by atoms with Crippen LogP contribution in [0.3, 0.4) is 0 Å². The lowest BCUT2D eigenvalue weighted by molar-refractivity contribution is 0.0600. The number of fused-ring (bicyclic) bond motifs is 1. The van der Waals surface area contributed by atoms with Gasteiger partial charge in [-0.25, -0.2) is 14.2 Å². The molecule has 0 radical (unpaired) electrons. The summed E-state index contributed by atoms with van der Waals surface area (Å²) >= 11 is 1.34. The first-order chi connectivity index (χ1) is 13.5. The van der Waals surface area contributed by atoms with Gasteiger partial charge in [0.25, 0.3) is 5.91 Å². The number of nitrogens with one attached hydrogen (secondary N) is 1. The van der Waals surface area contributed by atoms with Gasteiger partial charge in [-0.3, -0.25) is 9.20 Å². The Morgan fingerprint density at radius 1 is 1.11 bits per heavy atom. The van der Waals surface area contributed by atoms with E-state index >= 15 is 0 Å². The van der Waals surface area contributed by atoms with Crippen LogP contribution in [-0.2, 0) is 4.74 Å². The van der Waals surface area contributed by atoms with Crippen LogP contribution in [0.2, 0.25) is 0 Å². The first-order valence-electron chi connectivity index (χ1n) is 8.27. The molecule has 0 unspecified atom stereocenters. The Hall–Kier alpha value is -3.52. The first-order valence-corrected chi connectivity index (χ1v) is 9.15. The average Bonchev–Trinajstić information content (AvgIpc) is 3.29. The Labute approximate surface area is 163 Å². The van der Waals surface area contributed by atoms with E-state index in [1.807, 2.05) is 0 Å². The van der Waals surface area contributed by atoms with Crippen molar-refractivity contribution in [3.05, 3.63) is 77.2 Å². The SMILES string of the molecule is COC(=O)c1ccc(NC(=O)c2csc3nc(-c4ccc(F)cc4)cn23)cc1. The summed E-state index contributed by atoms with van der Waals surface area (Å²) in [7, 11) is 1.31. The Bertz CT molecular complexity index is 1160. The van der Waals surface area contributed by atoms with Gasteiger partial charge < -0.3 is 10.1 Å². The molecule has 2 aromatic carbocycles. The number of hydrogen-bond acceptors (Lipinski definition) is 5. The summed E-state index contributed by atoms with van der Waals surface area (Å²) in [4.78, 5) is 29.3. The fraction of sp³-hybridized carbons (Fsp3) is 0.0500. The standard InChI is InChI=1S/C20H14FN3O3S/c1-27-19(26)13-4-8-15(9-5-13)22-18(25)17-11-28-20-23-16(10-24(17)20)12-2-6-14(21)7-3-12/h2-11H,1H3,(H,22,25). The number of thiazole rings is 1. The molecule has 4 aromatic rings. The van der Waals surface area contributed by atoms with Crippen molar-refractivity contribution in [1.82, 2.24) is 9.38 Å². The Morgan fingerprint density at radius 2 is 1.82 bits per heavy atom. The van der Waals surface area contributed by atoms with E-state index in [0.717, 1.165) is 5.56 Å². The number of carbonyl (C=O) groups is 2. The van der Waals surface area contributed by atoms with E-state index in [-0.39, 0.29) is 11.7 Å². The smallest absolute Gasteiger partial charge is 0.337 e. The largest absolute Gasteiger partial charge is 0.465 e. The van der Waals surface area contributed by atoms with E-state index < -0.39 is 5.97 Å². The molecular weight excluding hydrogens is 381 g/mol. The summed E-state index contributed by atoms with van der Waals surface area (Å²) in [6.07, 6.45) is 1.74. The molecule has 0 aliphatic carbocycles. The molecular formula is C20H14FN3O3S. The summed E-state index contributed by atoms with van der Waals surface area (Å²) in [5.41, 5.74) is 2.80. The molecule has 0 saturated carbocycles. The molecule has 0 bridgehead atoms. The summed E-state index contributed by atoms with van der Waals surface area (Å²) in [6, 6.07) is 12.4. The second-order valence-corrected chi connectivity index (χ2v) is 6.77. The minimum absolute atomic E-state index is 0.305. The van der Waals surface area contributed by atoms with Gasteiger partial charge in [0.15, 0.2) is 4.96 Å². The number of aromatic nitrogens is 2. The lowest BCUT2D eigenvalue weighted by Gasteiger charge is -2.05. The molecule has 140 valence electrons. The highest BCUT2D eigenvalue weighted by Gasteiger charge is 2.16. The molecule has 28 heavy (non-hydrogen) atoms. The van der Waals surface area contributed by atoms with Crippen molar-refractivity contribution in [2.45, 2.75) is 0 Å². The van der Waals surface area contributed by atoms with E-state index in [1.165, 1.54) is 30.6 Å². The fourth-order valence-corrected chi connectivity index (χ4v) is 3.56. The van der Waals surface area contributed by atoms with Crippen molar-refractivity contribution in [1.29, 1.82) is 0 Å². The zero-order chi connectivity index (χ0) is 19.7. The van der Waals surface area contributed by atoms with Crippen molar-refractivity contribution in [3.63, 3.8) is 0 Å². The number of amides is 1. The van der Waals surface area contributed by atoms with Gasteiger partial charge in [0, 0.05) is 22.8 Å². The number of ether oxygens (including phenoxy) is 1. The Kier molecular flexibility index (Phi) is 4.62. The van der Waals surface area contributed by atoms with Gasteiger partial charge in [0.2, 0.25) is 0 Å². The second kappa shape index (κ2) is 7.24. The van der Waals surface area contributed by atoms with Crippen LogP contribution in [-0.4, -0.2) is 28.4 Å². The average molecular weight is 395 g/mol. The van der Waals surface area contributed by atoms with Gasteiger partial charge >= 0.3 is 5.97 Å². The fourth-order valence-electron chi connectivity index (χ4n) is 2.71.